The number of hydrogen-bond donors (Lipinski definition) is 2. The number of hydrogen-bond acceptors (Lipinski definition) is 4. The number of benzene rings is 1. The summed E-state index contributed by atoms with van der Waals surface area (Å²) in [4.78, 5) is 2.38. The summed E-state index contributed by atoms with van der Waals surface area (Å²) in [6.07, 6.45) is 3.23. The van der Waals surface area contributed by atoms with Gasteiger partial charge in [0.15, 0.2) is 0 Å². The molecule has 1 unspecified atom stereocenters. The van der Waals surface area contributed by atoms with Crippen LogP contribution >= 0.6 is 0 Å². The van der Waals surface area contributed by atoms with Crippen molar-refractivity contribution in [1.82, 2.24) is 10.2 Å². The highest BCUT2D eigenvalue weighted by Crippen LogP contribution is 2.24. The van der Waals surface area contributed by atoms with Gasteiger partial charge >= 0.3 is 0 Å². The summed E-state index contributed by atoms with van der Waals surface area (Å²) < 4.78 is 5.59. The molecule has 1 atom stereocenters. The van der Waals surface area contributed by atoms with Crippen molar-refractivity contribution in [2.45, 2.75) is 38.3 Å². The molecule has 4 heteroatoms. The van der Waals surface area contributed by atoms with Crippen molar-refractivity contribution < 1.29 is 9.84 Å². The molecule has 4 nitrogen and oxygen atoms in total. The molecule has 2 N–H and O–H groups in total. The van der Waals surface area contributed by atoms with Crippen molar-refractivity contribution in [3.63, 3.8) is 0 Å². The Bertz CT molecular complexity index is 404. The quantitative estimate of drug-likeness (QED) is 0.644. The first-order valence-corrected chi connectivity index (χ1v) is 7.99. The van der Waals surface area contributed by atoms with Gasteiger partial charge in [0.1, 0.15) is 18.5 Å². The first-order valence-electron chi connectivity index (χ1n) is 7.99. The van der Waals surface area contributed by atoms with Gasteiger partial charge in [-0.1, -0.05) is 19.1 Å². The Kier molecular flexibility index (Phi) is 6.49. The molecule has 0 radical (unpaired) electrons. The zero-order valence-corrected chi connectivity index (χ0v) is 13.2. The zero-order chi connectivity index (χ0) is 15.1. The monoisotopic (exact) mass is 292 g/mol. The van der Waals surface area contributed by atoms with E-state index in [1.54, 1.807) is 0 Å². The number of nitrogens with zero attached hydrogens (tertiary/aromatic N) is 1. The smallest absolute Gasteiger partial charge is 0.119 e. The maximum absolute atomic E-state index is 9.90. The van der Waals surface area contributed by atoms with Crippen molar-refractivity contribution in [1.29, 1.82) is 0 Å². The molecule has 1 aliphatic carbocycles. The largest absolute Gasteiger partial charge is 0.491 e. The minimum Gasteiger partial charge on any atom is -0.491 e. The first-order chi connectivity index (χ1) is 10.2. The highest BCUT2D eigenvalue weighted by molar-refractivity contribution is 5.27. The molecule has 21 heavy (non-hydrogen) atoms. The van der Waals surface area contributed by atoms with Gasteiger partial charge in [-0.05, 0) is 44.0 Å². The van der Waals surface area contributed by atoms with Gasteiger partial charge in [0.2, 0.25) is 0 Å². The topological polar surface area (TPSA) is 44.7 Å². The van der Waals surface area contributed by atoms with Crippen LogP contribution in [0.1, 0.15) is 25.3 Å². The molecule has 0 saturated heterocycles. The van der Waals surface area contributed by atoms with Crippen LogP contribution in [0.25, 0.3) is 0 Å². The van der Waals surface area contributed by atoms with E-state index >= 15 is 0 Å². The van der Waals surface area contributed by atoms with E-state index in [4.69, 9.17) is 4.74 Å². The Morgan fingerprint density at radius 2 is 2.05 bits per heavy atom. The summed E-state index contributed by atoms with van der Waals surface area (Å²) >= 11 is 0. The molecule has 1 saturated carbocycles. The lowest BCUT2D eigenvalue weighted by atomic mass is 10.2. The van der Waals surface area contributed by atoms with Crippen LogP contribution in [0.5, 0.6) is 5.75 Å². The van der Waals surface area contributed by atoms with Crippen LogP contribution in [0, 0.1) is 0 Å². The summed E-state index contributed by atoms with van der Waals surface area (Å²) in [5.41, 5.74) is 1.30. The van der Waals surface area contributed by atoms with Crippen LogP contribution in [0.3, 0.4) is 0 Å². The number of aliphatic hydroxyl groups is 1. The van der Waals surface area contributed by atoms with E-state index in [0.717, 1.165) is 31.3 Å². The lowest BCUT2D eigenvalue weighted by Crippen LogP contribution is -2.36. The van der Waals surface area contributed by atoms with Gasteiger partial charge in [-0.25, -0.2) is 0 Å². The lowest BCUT2D eigenvalue weighted by molar-refractivity contribution is 0.106. The van der Waals surface area contributed by atoms with Gasteiger partial charge in [0.25, 0.3) is 0 Å². The summed E-state index contributed by atoms with van der Waals surface area (Å²) in [6, 6.07) is 8.85. The Labute approximate surface area is 128 Å². The molecule has 118 valence electrons. The number of nitrogens with one attached hydrogen (secondary N) is 1. The van der Waals surface area contributed by atoms with Gasteiger partial charge in [0, 0.05) is 25.7 Å². The number of rotatable bonds is 10. The van der Waals surface area contributed by atoms with Crippen molar-refractivity contribution >= 4 is 0 Å². The molecule has 0 aliphatic heterocycles. The Hall–Kier alpha value is -1.10. The van der Waals surface area contributed by atoms with Crippen LogP contribution in [-0.2, 0) is 6.42 Å². The molecular formula is C17H28N2O2. The maximum Gasteiger partial charge on any atom is 0.119 e. The van der Waals surface area contributed by atoms with E-state index in [1.165, 1.54) is 18.4 Å². The van der Waals surface area contributed by atoms with Gasteiger partial charge < -0.3 is 20.1 Å². The zero-order valence-electron chi connectivity index (χ0n) is 13.2. The molecule has 0 spiro atoms. The molecule has 2 rings (SSSR count). The van der Waals surface area contributed by atoms with Crippen molar-refractivity contribution in [3.05, 3.63) is 29.8 Å². The second-order valence-electron chi connectivity index (χ2n) is 5.88. The maximum atomic E-state index is 9.90. The van der Waals surface area contributed by atoms with E-state index in [-0.39, 0.29) is 0 Å². The molecule has 0 aromatic heterocycles. The summed E-state index contributed by atoms with van der Waals surface area (Å²) in [5.74, 6) is 0.819. The standard InChI is InChI=1S/C17H28N2O2/c1-3-14-4-8-17(9-5-14)21-13-16(20)12-18-10-11-19(2)15-6-7-15/h4-5,8-9,15-16,18,20H,3,6-7,10-13H2,1-2H3. The van der Waals surface area contributed by atoms with Gasteiger partial charge in [-0.15, -0.1) is 0 Å². The molecule has 1 fully saturated rings. The third-order valence-electron chi connectivity index (χ3n) is 3.97. The SMILES string of the molecule is CCc1ccc(OCC(O)CNCCN(C)C2CC2)cc1. The number of likely N-dealkylation sites (N-methyl/N-ethyl adjacent to an activating group) is 1. The molecule has 1 aromatic carbocycles. The Balaban J connectivity index is 1.54. The molecule has 0 amide bonds. The summed E-state index contributed by atoms with van der Waals surface area (Å²) in [7, 11) is 2.17. The number of aryl methyl sites for hydroxylation is 1. The first kappa shape index (κ1) is 16.3. The average Bonchev–Trinajstić information content (AvgIpc) is 3.34. The third kappa shape index (κ3) is 6.04. The van der Waals surface area contributed by atoms with Crippen LogP contribution in [0.15, 0.2) is 24.3 Å². The van der Waals surface area contributed by atoms with Gasteiger partial charge in [-0.2, -0.15) is 0 Å². The predicted octanol–water partition coefficient (Wildman–Crippen LogP) is 1.67. The summed E-state index contributed by atoms with van der Waals surface area (Å²) in [6.45, 7) is 4.99. The van der Waals surface area contributed by atoms with Crippen LogP contribution in [-0.4, -0.2) is 55.4 Å². The highest BCUT2D eigenvalue weighted by atomic mass is 16.5. The predicted molar refractivity (Wildman–Crippen MR) is 85.8 cm³/mol. The molecular weight excluding hydrogens is 264 g/mol. The lowest BCUT2D eigenvalue weighted by Gasteiger charge is -2.17. The van der Waals surface area contributed by atoms with Crippen molar-refractivity contribution in [2.75, 3.05) is 33.3 Å². The van der Waals surface area contributed by atoms with E-state index in [2.05, 4.69) is 36.3 Å². The van der Waals surface area contributed by atoms with Crippen LogP contribution in [0.4, 0.5) is 0 Å². The summed E-state index contributed by atoms with van der Waals surface area (Å²) in [5, 5.41) is 13.2. The molecule has 1 aliphatic rings. The number of ether oxygens (including phenoxy) is 1. The molecule has 0 heterocycles. The third-order valence-corrected chi connectivity index (χ3v) is 3.97. The molecule has 0 bridgehead atoms. The van der Waals surface area contributed by atoms with Gasteiger partial charge in [-0.3, -0.25) is 0 Å². The minimum atomic E-state index is -0.470. The number of aliphatic hydroxyl groups excluding tert-OH is 1. The molecule has 1 aromatic rings. The van der Waals surface area contributed by atoms with Crippen molar-refractivity contribution in [2.24, 2.45) is 0 Å². The highest BCUT2D eigenvalue weighted by Gasteiger charge is 2.25. The normalized spacial score (nSPS) is 16.2. The second-order valence-corrected chi connectivity index (χ2v) is 5.88. The van der Waals surface area contributed by atoms with E-state index in [1.807, 2.05) is 12.1 Å². The fourth-order valence-electron chi connectivity index (χ4n) is 2.29. The average molecular weight is 292 g/mol. The van der Waals surface area contributed by atoms with E-state index in [0.29, 0.717) is 13.2 Å². The van der Waals surface area contributed by atoms with Gasteiger partial charge in [0.05, 0.1) is 0 Å². The van der Waals surface area contributed by atoms with Crippen LogP contribution < -0.4 is 10.1 Å². The second kappa shape index (κ2) is 8.37. The van der Waals surface area contributed by atoms with Crippen molar-refractivity contribution in [3.8, 4) is 5.75 Å². The van der Waals surface area contributed by atoms with Crippen LogP contribution in [0.2, 0.25) is 0 Å². The Morgan fingerprint density at radius 3 is 2.67 bits per heavy atom. The fourth-order valence-corrected chi connectivity index (χ4v) is 2.29. The van der Waals surface area contributed by atoms with E-state index < -0.39 is 6.10 Å². The minimum absolute atomic E-state index is 0.330. The van der Waals surface area contributed by atoms with E-state index in [9.17, 15) is 5.11 Å². The Morgan fingerprint density at radius 1 is 1.33 bits per heavy atom. The fraction of sp³-hybridized carbons (Fsp3) is 0.647.